The second kappa shape index (κ2) is 18.3. The lowest BCUT2D eigenvalue weighted by molar-refractivity contribution is -0.143. The van der Waals surface area contributed by atoms with Crippen LogP contribution in [0.25, 0.3) is 0 Å². The summed E-state index contributed by atoms with van der Waals surface area (Å²) >= 11 is 0. The van der Waals surface area contributed by atoms with Gasteiger partial charge in [-0.25, -0.2) is 0 Å². The van der Waals surface area contributed by atoms with E-state index in [0.717, 1.165) is 24.8 Å². The van der Waals surface area contributed by atoms with Crippen molar-refractivity contribution in [1.29, 1.82) is 0 Å². The molecule has 0 radical (unpaired) electrons. The molecule has 0 unspecified atom stereocenters. The van der Waals surface area contributed by atoms with Crippen LogP contribution in [0.15, 0.2) is 30.3 Å². The van der Waals surface area contributed by atoms with Gasteiger partial charge in [-0.3, -0.25) is 33.7 Å². The maximum absolute atomic E-state index is 14.2. The predicted molar refractivity (Wildman–Crippen MR) is 186 cm³/mol. The van der Waals surface area contributed by atoms with Gasteiger partial charge in [0.2, 0.25) is 35.4 Å². The van der Waals surface area contributed by atoms with Crippen LogP contribution < -0.4 is 26.6 Å². The van der Waals surface area contributed by atoms with Crippen molar-refractivity contribution in [3.8, 4) is 0 Å². The van der Waals surface area contributed by atoms with Gasteiger partial charge >= 0.3 is 0 Å². The van der Waals surface area contributed by atoms with Crippen molar-refractivity contribution < 1.29 is 33.5 Å². The molecule has 2 saturated heterocycles. The minimum absolute atomic E-state index is 0.183. The molecule has 5 N–H and O–H groups in total. The fourth-order valence-corrected chi connectivity index (χ4v) is 7.03. The van der Waals surface area contributed by atoms with Crippen LogP contribution in [0.3, 0.4) is 0 Å². The Morgan fingerprint density at radius 2 is 1.60 bits per heavy atom. The van der Waals surface area contributed by atoms with Crippen molar-refractivity contribution in [2.75, 3.05) is 46.4 Å². The molecule has 3 fully saturated rings. The van der Waals surface area contributed by atoms with Gasteiger partial charge in [0.05, 0.1) is 19.8 Å². The maximum Gasteiger partial charge on any atom is 0.245 e. The smallest absolute Gasteiger partial charge is 0.245 e. The molecule has 1 aliphatic carbocycles. The second-order valence-electron chi connectivity index (χ2n) is 14.1. The van der Waals surface area contributed by atoms with Gasteiger partial charge in [-0.1, -0.05) is 63.4 Å². The first kappa shape index (κ1) is 38.8. The number of hydrogen-bond donors (Lipinski definition) is 5. The summed E-state index contributed by atoms with van der Waals surface area (Å²) in [6, 6.07) is 5.17. The molecule has 0 spiro atoms. The van der Waals surface area contributed by atoms with E-state index in [9.17, 15) is 28.8 Å². The summed E-state index contributed by atoms with van der Waals surface area (Å²) in [4.78, 5) is 84.9. The van der Waals surface area contributed by atoms with Gasteiger partial charge in [0, 0.05) is 33.1 Å². The Balaban J connectivity index is 1.56. The number of morpholine rings is 1. The Kier molecular flexibility index (Phi) is 14.2. The first-order chi connectivity index (χ1) is 23.9. The van der Waals surface area contributed by atoms with E-state index in [1.807, 2.05) is 30.3 Å². The van der Waals surface area contributed by atoms with Gasteiger partial charge in [0.15, 0.2) is 0 Å². The number of amides is 6. The first-order valence-electron chi connectivity index (χ1n) is 18.0. The summed E-state index contributed by atoms with van der Waals surface area (Å²) in [6.45, 7) is 7.35. The summed E-state index contributed by atoms with van der Waals surface area (Å²) in [6.07, 6.45) is 4.95. The largest absolute Gasteiger partial charge is 0.379 e. The highest BCUT2D eigenvalue weighted by Gasteiger charge is 2.46. The van der Waals surface area contributed by atoms with Crippen molar-refractivity contribution in [3.63, 3.8) is 0 Å². The SMILES string of the molecule is CC(C)[C@H]1NC(=O)[C@@H](NC(=O)C2(N3CCOCC3)CCCCC2)CCCNC(=O)CN(C)C(=O)[C@H](Cc2ccccc2)NC(=O)[C@@H](C)NC1=O. The number of hydrogen-bond acceptors (Lipinski definition) is 8. The molecule has 4 atom stereocenters. The van der Waals surface area contributed by atoms with E-state index in [-0.39, 0.29) is 37.8 Å². The summed E-state index contributed by atoms with van der Waals surface area (Å²) in [5.41, 5.74) is 0.0572. The zero-order valence-electron chi connectivity index (χ0n) is 29.9. The third-order valence-corrected chi connectivity index (χ3v) is 9.99. The van der Waals surface area contributed by atoms with Crippen LogP contribution in [-0.4, -0.2) is 121 Å². The number of nitrogens with zero attached hydrogens (tertiary/aromatic N) is 2. The molecule has 1 aromatic rings. The van der Waals surface area contributed by atoms with E-state index in [1.54, 1.807) is 13.8 Å². The average Bonchev–Trinajstić information content (AvgIpc) is 3.11. The highest BCUT2D eigenvalue weighted by atomic mass is 16.5. The molecule has 14 nitrogen and oxygen atoms in total. The van der Waals surface area contributed by atoms with E-state index in [4.69, 9.17) is 4.74 Å². The van der Waals surface area contributed by atoms with E-state index in [1.165, 1.54) is 18.9 Å². The standard InChI is InChI=1S/C36H55N7O7/c1-24(2)30-33(47)38-25(3)31(45)39-28(22-26-12-7-5-8-13-26)34(48)42(4)23-29(44)37-17-11-14-27(32(46)41-30)40-35(49)36(15-9-6-10-16-36)43-18-20-50-21-19-43/h5,7-8,12-13,24-25,27-28,30H,6,9-11,14-23H2,1-4H3,(H,37,44)(H,38,47)(H,39,45)(H,40,49)(H,41,46)/t25-,27+,28+,30-/m1/s1. The number of likely N-dealkylation sites (N-methyl/N-ethyl adjacent to an activating group) is 1. The molecular weight excluding hydrogens is 642 g/mol. The minimum atomic E-state index is -1.05. The Hall–Kier alpha value is -4.04. The zero-order valence-corrected chi connectivity index (χ0v) is 29.9. The molecule has 276 valence electrons. The van der Waals surface area contributed by atoms with Crippen LogP contribution in [0, 0.1) is 5.92 Å². The molecule has 50 heavy (non-hydrogen) atoms. The average molecular weight is 698 g/mol. The lowest BCUT2D eigenvalue weighted by atomic mass is 9.79. The number of ether oxygens (including phenoxy) is 1. The van der Waals surface area contributed by atoms with Gasteiger partial charge in [0.25, 0.3) is 0 Å². The third-order valence-electron chi connectivity index (χ3n) is 9.99. The van der Waals surface area contributed by atoms with Gasteiger partial charge in [-0.2, -0.15) is 0 Å². The first-order valence-corrected chi connectivity index (χ1v) is 18.0. The molecule has 2 heterocycles. The normalized spacial score (nSPS) is 26.9. The highest BCUT2D eigenvalue weighted by Crippen LogP contribution is 2.35. The fourth-order valence-electron chi connectivity index (χ4n) is 7.03. The number of carbonyl (C=O) groups is 6. The molecule has 1 saturated carbocycles. The van der Waals surface area contributed by atoms with Crippen LogP contribution in [0.2, 0.25) is 0 Å². The monoisotopic (exact) mass is 697 g/mol. The molecular formula is C36H55N7O7. The summed E-state index contributed by atoms with van der Waals surface area (Å²) in [5, 5.41) is 14.1. The Labute approximate surface area is 295 Å². The van der Waals surface area contributed by atoms with Crippen molar-refractivity contribution in [3.05, 3.63) is 35.9 Å². The minimum Gasteiger partial charge on any atom is -0.379 e. The molecule has 6 amide bonds. The Bertz CT molecular complexity index is 1350. The van der Waals surface area contributed by atoms with Crippen LogP contribution in [0.5, 0.6) is 0 Å². The van der Waals surface area contributed by atoms with Gasteiger partial charge in [-0.05, 0) is 44.1 Å². The van der Waals surface area contributed by atoms with Crippen LogP contribution in [0.4, 0.5) is 0 Å². The molecule has 1 aromatic carbocycles. The van der Waals surface area contributed by atoms with Gasteiger partial charge in [-0.15, -0.1) is 0 Å². The summed E-state index contributed by atoms with van der Waals surface area (Å²) in [7, 11) is 1.49. The van der Waals surface area contributed by atoms with Crippen LogP contribution in [0.1, 0.15) is 71.3 Å². The van der Waals surface area contributed by atoms with E-state index in [2.05, 4.69) is 31.5 Å². The quantitative estimate of drug-likeness (QED) is 0.281. The lowest BCUT2D eigenvalue weighted by Gasteiger charge is -2.47. The second-order valence-corrected chi connectivity index (χ2v) is 14.1. The lowest BCUT2D eigenvalue weighted by Crippen LogP contribution is -2.65. The van der Waals surface area contributed by atoms with Crippen molar-refractivity contribution in [2.45, 2.75) is 102 Å². The fraction of sp³-hybridized carbons (Fsp3) is 0.667. The number of benzene rings is 1. The van der Waals surface area contributed by atoms with E-state index in [0.29, 0.717) is 45.6 Å². The van der Waals surface area contributed by atoms with E-state index >= 15 is 0 Å². The maximum atomic E-state index is 14.2. The van der Waals surface area contributed by atoms with Crippen molar-refractivity contribution >= 4 is 35.4 Å². The highest BCUT2D eigenvalue weighted by molar-refractivity contribution is 5.97. The van der Waals surface area contributed by atoms with Crippen molar-refractivity contribution in [2.24, 2.45) is 5.92 Å². The molecule has 0 aromatic heterocycles. The summed E-state index contributed by atoms with van der Waals surface area (Å²) in [5.74, 6) is -3.09. The molecule has 2 aliphatic heterocycles. The van der Waals surface area contributed by atoms with E-state index < -0.39 is 59.2 Å². The van der Waals surface area contributed by atoms with Gasteiger partial charge in [0.1, 0.15) is 29.7 Å². The molecule has 3 aliphatic rings. The molecule has 4 rings (SSSR count). The van der Waals surface area contributed by atoms with Crippen LogP contribution in [-0.2, 0) is 39.9 Å². The van der Waals surface area contributed by atoms with Gasteiger partial charge < -0.3 is 36.2 Å². The molecule has 14 heteroatoms. The topological polar surface area (TPSA) is 178 Å². The Morgan fingerprint density at radius 3 is 2.26 bits per heavy atom. The summed E-state index contributed by atoms with van der Waals surface area (Å²) < 4.78 is 5.56. The third kappa shape index (κ3) is 10.3. The zero-order chi connectivity index (χ0) is 36.3. The van der Waals surface area contributed by atoms with Crippen LogP contribution >= 0.6 is 0 Å². The predicted octanol–water partition coefficient (Wildman–Crippen LogP) is 0.248. The Morgan fingerprint density at radius 1 is 0.920 bits per heavy atom. The van der Waals surface area contributed by atoms with Crippen molar-refractivity contribution in [1.82, 2.24) is 36.4 Å². The number of carbonyl (C=O) groups excluding carboxylic acids is 6. The molecule has 0 bridgehead atoms. The number of rotatable bonds is 6. The number of nitrogens with one attached hydrogen (secondary N) is 5.